The van der Waals surface area contributed by atoms with Crippen molar-refractivity contribution in [3.63, 3.8) is 0 Å². The van der Waals surface area contributed by atoms with Crippen LogP contribution in [0.25, 0.3) is 0 Å². The Balaban J connectivity index is 2.00. The van der Waals surface area contributed by atoms with Gasteiger partial charge in [0.15, 0.2) is 11.9 Å². The van der Waals surface area contributed by atoms with E-state index in [1.165, 1.54) is 18.2 Å². The lowest BCUT2D eigenvalue weighted by Gasteiger charge is -2.25. The SMILES string of the molecule is CC(Oc1ccc(Cl)cc1[N+](=O)[O-])C(=O)NC1CCCNC1. The first-order chi connectivity index (χ1) is 10.5. The minimum absolute atomic E-state index is 0.0267. The maximum absolute atomic E-state index is 12.1. The lowest BCUT2D eigenvalue weighted by Crippen LogP contribution is -2.49. The van der Waals surface area contributed by atoms with Gasteiger partial charge in [0.05, 0.1) is 4.92 Å². The lowest BCUT2D eigenvalue weighted by molar-refractivity contribution is -0.386. The van der Waals surface area contributed by atoms with Crippen LogP contribution in [0.2, 0.25) is 5.02 Å². The average molecular weight is 328 g/mol. The summed E-state index contributed by atoms with van der Waals surface area (Å²) in [5.41, 5.74) is -0.258. The van der Waals surface area contributed by atoms with Crippen molar-refractivity contribution in [2.75, 3.05) is 13.1 Å². The van der Waals surface area contributed by atoms with Crippen molar-refractivity contribution >= 4 is 23.2 Å². The van der Waals surface area contributed by atoms with E-state index < -0.39 is 11.0 Å². The van der Waals surface area contributed by atoms with Crippen LogP contribution in [0.1, 0.15) is 19.8 Å². The molecule has 1 aromatic rings. The molecule has 1 fully saturated rings. The third-order valence-corrected chi connectivity index (χ3v) is 3.67. The van der Waals surface area contributed by atoms with E-state index in [0.29, 0.717) is 0 Å². The van der Waals surface area contributed by atoms with Gasteiger partial charge in [0.2, 0.25) is 0 Å². The first-order valence-corrected chi connectivity index (χ1v) is 7.47. The van der Waals surface area contributed by atoms with Gasteiger partial charge < -0.3 is 15.4 Å². The number of nitrogens with one attached hydrogen (secondary N) is 2. The summed E-state index contributed by atoms with van der Waals surface area (Å²) in [5, 5.41) is 17.3. The second-order valence-electron chi connectivity index (χ2n) is 5.18. The highest BCUT2D eigenvalue weighted by molar-refractivity contribution is 6.30. The molecule has 0 aromatic heterocycles. The van der Waals surface area contributed by atoms with Crippen LogP contribution in [0.3, 0.4) is 0 Å². The number of rotatable bonds is 5. The van der Waals surface area contributed by atoms with E-state index in [0.717, 1.165) is 25.9 Å². The number of nitro benzene ring substituents is 1. The quantitative estimate of drug-likeness (QED) is 0.636. The zero-order chi connectivity index (χ0) is 16.1. The number of nitro groups is 1. The second kappa shape index (κ2) is 7.42. The molecule has 8 heteroatoms. The van der Waals surface area contributed by atoms with Crippen LogP contribution in [0.4, 0.5) is 5.69 Å². The molecule has 0 spiro atoms. The molecule has 1 heterocycles. The fraction of sp³-hybridized carbons (Fsp3) is 0.500. The largest absolute Gasteiger partial charge is 0.474 e. The molecule has 22 heavy (non-hydrogen) atoms. The van der Waals surface area contributed by atoms with Crippen molar-refractivity contribution in [2.24, 2.45) is 0 Å². The predicted octanol–water partition coefficient (Wildman–Crippen LogP) is 1.88. The number of hydrogen-bond acceptors (Lipinski definition) is 5. The Morgan fingerprint density at radius 2 is 2.36 bits per heavy atom. The molecule has 7 nitrogen and oxygen atoms in total. The van der Waals surface area contributed by atoms with Gasteiger partial charge >= 0.3 is 5.69 Å². The van der Waals surface area contributed by atoms with Crippen LogP contribution < -0.4 is 15.4 Å². The van der Waals surface area contributed by atoms with E-state index in [1.807, 2.05) is 0 Å². The number of hydrogen-bond donors (Lipinski definition) is 2. The van der Waals surface area contributed by atoms with Gasteiger partial charge in [-0.25, -0.2) is 0 Å². The van der Waals surface area contributed by atoms with Crippen LogP contribution in [-0.4, -0.2) is 36.1 Å². The number of benzene rings is 1. The molecule has 2 N–H and O–H groups in total. The molecule has 1 aliphatic heterocycles. The van der Waals surface area contributed by atoms with Crippen molar-refractivity contribution in [3.05, 3.63) is 33.3 Å². The number of amides is 1. The van der Waals surface area contributed by atoms with Gasteiger partial charge in [-0.1, -0.05) is 11.6 Å². The summed E-state index contributed by atoms with van der Waals surface area (Å²) in [6.07, 6.45) is 1.08. The van der Waals surface area contributed by atoms with Crippen LogP contribution in [-0.2, 0) is 4.79 Å². The van der Waals surface area contributed by atoms with Crippen molar-refractivity contribution in [3.8, 4) is 5.75 Å². The van der Waals surface area contributed by atoms with E-state index >= 15 is 0 Å². The topological polar surface area (TPSA) is 93.5 Å². The van der Waals surface area contributed by atoms with Gasteiger partial charge in [-0.2, -0.15) is 0 Å². The van der Waals surface area contributed by atoms with Gasteiger partial charge in [0, 0.05) is 23.7 Å². The number of carbonyl (C=O) groups excluding carboxylic acids is 1. The zero-order valence-corrected chi connectivity index (χ0v) is 12.9. The molecule has 0 saturated carbocycles. The van der Waals surface area contributed by atoms with E-state index in [9.17, 15) is 14.9 Å². The third kappa shape index (κ3) is 4.32. The third-order valence-electron chi connectivity index (χ3n) is 3.43. The van der Waals surface area contributed by atoms with Crippen molar-refractivity contribution in [1.82, 2.24) is 10.6 Å². The van der Waals surface area contributed by atoms with Gasteiger partial charge in [-0.3, -0.25) is 14.9 Å². The maximum atomic E-state index is 12.1. The van der Waals surface area contributed by atoms with Crippen molar-refractivity contribution < 1.29 is 14.5 Å². The fourth-order valence-corrected chi connectivity index (χ4v) is 2.44. The van der Waals surface area contributed by atoms with E-state index in [1.54, 1.807) is 6.92 Å². The summed E-state index contributed by atoms with van der Waals surface area (Å²) in [5.74, 6) is -0.267. The monoisotopic (exact) mass is 327 g/mol. The Kier molecular flexibility index (Phi) is 5.57. The highest BCUT2D eigenvalue weighted by Gasteiger charge is 2.24. The van der Waals surface area contributed by atoms with Crippen LogP contribution in [0.15, 0.2) is 18.2 Å². The fourth-order valence-electron chi connectivity index (χ4n) is 2.27. The molecule has 1 aromatic carbocycles. The Hall–Kier alpha value is -1.86. The number of nitrogens with zero attached hydrogens (tertiary/aromatic N) is 1. The minimum atomic E-state index is -0.832. The summed E-state index contributed by atoms with van der Waals surface area (Å²) in [4.78, 5) is 22.5. The lowest BCUT2D eigenvalue weighted by atomic mass is 10.1. The Labute approximate surface area is 133 Å². The first-order valence-electron chi connectivity index (χ1n) is 7.09. The van der Waals surface area contributed by atoms with Crippen LogP contribution >= 0.6 is 11.6 Å². The van der Waals surface area contributed by atoms with Crippen LogP contribution in [0, 0.1) is 10.1 Å². The summed E-state index contributed by atoms with van der Waals surface area (Å²) >= 11 is 5.74. The Morgan fingerprint density at radius 1 is 1.59 bits per heavy atom. The number of carbonyl (C=O) groups is 1. The van der Waals surface area contributed by atoms with Gasteiger partial charge in [0.1, 0.15) is 0 Å². The summed E-state index contributed by atoms with van der Waals surface area (Å²) in [7, 11) is 0. The van der Waals surface area contributed by atoms with Gasteiger partial charge in [-0.15, -0.1) is 0 Å². The van der Waals surface area contributed by atoms with E-state index in [-0.39, 0.29) is 28.4 Å². The molecule has 0 radical (unpaired) electrons. The molecule has 0 aliphatic carbocycles. The molecule has 1 saturated heterocycles. The molecule has 2 rings (SSSR count). The average Bonchev–Trinajstić information content (AvgIpc) is 2.49. The number of ether oxygens (including phenoxy) is 1. The van der Waals surface area contributed by atoms with Crippen molar-refractivity contribution in [1.29, 1.82) is 0 Å². The summed E-state index contributed by atoms with van der Waals surface area (Å²) in [6.45, 7) is 3.23. The zero-order valence-electron chi connectivity index (χ0n) is 12.2. The van der Waals surface area contributed by atoms with Gasteiger partial charge in [0.25, 0.3) is 5.91 Å². The molecule has 120 valence electrons. The molecular formula is C14H18ClN3O4. The smallest absolute Gasteiger partial charge is 0.312 e. The Bertz CT molecular complexity index is 561. The molecular weight excluding hydrogens is 310 g/mol. The van der Waals surface area contributed by atoms with E-state index in [4.69, 9.17) is 16.3 Å². The van der Waals surface area contributed by atoms with Gasteiger partial charge in [-0.05, 0) is 38.4 Å². The molecule has 1 aliphatic rings. The Morgan fingerprint density at radius 3 is 3.00 bits per heavy atom. The van der Waals surface area contributed by atoms with E-state index in [2.05, 4.69) is 10.6 Å². The number of halogens is 1. The molecule has 2 unspecified atom stereocenters. The summed E-state index contributed by atoms with van der Waals surface area (Å²) in [6, 6.07) is 4.14. The predicted molar refractivity (Wildman–Crippen MR) is 82.2 cm³/mol. The number of piperidine rings is 1. The molecule has 1 amide bonds. The highest BCUT2D eigenvalue weighted by Crippen LogP contribution is 2.30. The van der Waals surface area contributed by atoms with Crippen molar-refractivity contribution in [2.45, 2.75) is 31.9 Å². The molecule has 0 bridgehead atoms. The minimum Gasteiger partial charge on any atom is -0.474 e. The normalized spacial score (nSPS) is 19.3. The first kappa shape index (κ1) is 16.5. The second-order valence-corrected chi connectivity index (χ2v) is 5.62. The standard InChI is InChI=1S/C14H18ClN3O4/c1-9(14(19)17-11-3-2-6-16-8-11)22-13-5-4-10(15)7-12(13)18(20)21/h4-5,7,9,11,16H,2-3,6,8H2,1H3,(H,17,19). The van der Waals surface area contributed by atoms with Crippen LogP contribution in [0.5, 0.6) is 5.75 Å². The summed E-state index contributed by atoms with van der Waals surface area (Å²) < 4.78 is 5.43. The highest BCUT2D eigenvalue weighted by atomic mass is 35.5. The maximum Gasteiger partial charge on any atom is 0.312 e. The molecule has 2 atom stereocenters.